The molecule has 5 rings (SSSR count). The molecule has 0 aliphatic rings. The molecular formula is C39H40N2O3. The van der Waals surface area contributed by atoms with Crippen LogP contribution in [0.3, 0.4) is 0 Å². The molecule has 0 aliphatic heterocycles. The van der Waals surface area contributed by atoms with Crippen molar-refractivity contribution in [1.82, 2.24) is 9.88 Å². The third-order valence-electron chi connectivity index (χ3n) is 8.26. The lowest BCUT2D eigenvalue weighted by Gasteiger charge is -2.12. The second-order valence-electron chi connectivity index (χ2n) is 11.4. The number of carbonyl (C=O) groups is 2. The van der Waals surface area contributed by atoms with Gasteiger partial charge in [0.1, 0.15) is 0 Å². The smallest absolute Gasteiger partial charge is 0.338 e. The van der Waals surface area contributed by atoms with Gasteiger partial charge in [-0.05, 0) is 90.9 Å². The van der Waals surface area contributed by atoms with Crippen molar-refractivity contribution in [2.45, 2.75) is 53.6 Å². The van der Waals surface area contributed by atoms with E-state index in [9.17, 15) is 9.59 Å². The second kappa shape index (κ2) is 13.6. The molecule has 0 atom stereocenters. The molecule has 0 saturated carbocycles. The summed E-state index contributed by atoms with van der Waals surface area (Å²) in [6.45, 7) is 13.9. The van der Waals surface area contributed by atoms with Crippen LogP contribution in [0.5, 0.6) is 0 Å². The quantitative estimate of drug-likeness (QED) is 0.125. The summed E-state index contributed by atoms with van der Waals surface area (Å²) in [6, 6.07) is 30.0. The van der Waals surface area contributed by atoms with Crippen LogP contribution in [0.1, 0.15) is 75.4 Å². The number of hydrogen-bond acceptors (Lipinski definition) is 3. The third kappa shape index (κ3) is 6.68. The van der Waals surface area contributed by atoms with Crippen molar-refractivity contribution in [1.29, 1.82) is 0 Å². The summed E-state index contributed by atoms with van der Waals surface area (Å²) in [4.78, 5) is 25.8. The Balaban J connectivity index is 1.32. The Labute approximate surface area is 260 Å². The number of aryl methyl sites for hydroxylation is 1. The molecule has 224 valence electrons. The molecular weight excluding hydrogens is 544 g/mol. The van der Waals surface area contributed by atoms with Gasteiger partial charge in [0.25, 0.3) is 5.91 Å². The van der Waals surface area contributed by atoms with Crippen molar-refractivity contribution in [2.75, 3.05) is 6.61 Å². The number of aromatic nitrogens is 1. The van der Waals surface area contributed by atoms with Crippen molar-refractivity contribution in [2.24, 2.45) is 0 Å². The Kier molecular flexibility index (Phi) is 9.44. The van der Waals surface area contributed by atoms with Gasteiger partial charge < -0.3 is 14.6 Å². The first kappa shape index (κ1) is 30.6. The molecule has 4 aromatic carbocycles. The van der Waals surface area contributed by atoms with E-state index in [0.717, 1.165) is 62.7 Å². The Morgan fingerprint density at radius 1 is 0.864 bits per heavy atom. The van der Waals surface area contributed by atoms with Gasteiger partial charge in [-0.1, -0.05) is 86.2 Å². The van der Waals surface area contributed by atoms with Gasteiger partial charge >= 0.3 is 5.97 Å². The Morgan fingerprint density at radius 2 is 1.64 bits per heavy atom. The van der Waals surface area contributed by atoms with Gasteiger partial charge in [0.15, 0.2) is 0 Å². The number of rotatable bonds is 11. The first-order valence-electron chi connectivity index (χ1n) is 15.2. The van der Waals surface area contributed by atoms with Crippen LogP contribution in [-0.4, -0.2) is 23.1 Å². The summed E-state index contributed by atoms with van der Waals surface area (Å²) >= 11 is 0. The predicted molar refractivity (Wildman–Crippen MR) is 180 cm³/mol. The van der Waals surface area contributed by atoms with Crippen LogP contribution in [-0.2, 0) is 17.8 Å². The summed E-state index contributed by atoms with van der Waals surface area (Å²) < 4.78 is 7.78. The van der Waals surface area contributed by atoms with Gasteiger partial charge in [0.05, 0.1) is 12.2 Å². The molecule has 0 aliphatic carbocycles. The fourth-order valence-electron chi connectivity index (χ4n) is 5.50. The van der Waals surface area contributed by atoms with E-state index in [4.69, 9.17) is 4.74 Å². The van der Waals surface area contributed by atoms with Crippen molar-refractivity contribution < 1.29 is 14.3 Å². The fraction of sp³-hybridized carbons (Fsp3) is 0.231. The summed E-state index contributed by atoms with van der Waals surface area (Å²) in [5, 5.41) is 4.14. The van der Waals surface area contributed by atoms with Gasteiger partial charge in [-0.25, -0.2) is 4.79 Å². The first-order valence-corrected chi connectivity index (χ1v) is 15.2. The standard InChI is InChI=1S/C39H40N2O3/c1-6-7-21-44-39(43)35-14-9-8-13-34(35)31-17-15-29(16-18-31)25-41-28(5)27(4)36-23-33(19-20-37(36)41)38(42)40-24-30-11-10-12-32(22-30)26(2)3/h8-20,22-23H,2,6-7,21,24-25H2,1,3-5H3,(H,40,42). The van der Waals surface area contributed by atoms with E-state index in [2.05, 4.69) is 67.6 Å². The number of ether oxygens (including phenoxy) is 1. The zero-order valence-electron chi connectivity index (χ0n) is 26.1. The first-order chi connectivity index (χ1) is 21.3. The van der Waals surface area contributed by atoms with Gasteiger partial charge in [-0.2, -0.15) is 0 Å². The maximum atomic E-state index is 13.1. The van der Waals surface area contributed by atoms with E-state index in [1.165, 1.54) is 5.69 Å². The van der Waals surface area contributed by atoms with Gasteiger partial charge in [-0.15, -0.1) is 0 Å². The summed E-state index contributed by atoms with van der Waals surface area (Å²) in [6.07, 6.45) is 1.84. The average molecular weight is 585 g/mol. The molecule has 0 radical (unpaired) electrons. The third-order valence-corrected chi connectivity index (χ3v) is 8.26. The number of hydrogen-bond donors (Lipinski definition) is 1. The number of carbonyl (C=O) groups excluding carboxylic acids is 2. The molecule has 0 saturated heterocycles. The molecule has 0 fully saturated rings. The van der Waals surface area contributed by atoms with Crippen molar-refractivity contribution in [3.8, 4) is 11.1 Å². The minimum absolute atomic E-state index is 0.0949. The zero-order chi connectivity index (χ0) is 31.2. The highest BCUT2D eigenvalue weighted by atomic mass is 16.5. The molecule has 1 heterocycles. The summed E-state index contributed by atoms with van der Waals surface area (Å²) in [7, 11) is 0. The van der Waals surface area contributed by atoms with Crippen LogP contribution in [0.25, 0.3) is 27.6 Å². The minimum atomic E-state index is -0.284. The van der Waals surface area contributed by atoms with E-state index >= 15 is 0 Å². The molecule has 1 amide bonds. The van der Waals surface area contributed by atoms with Crippen LogP contribution in [0.15, 0.2) is 97.6 Å². The maximum Gasteiger partial charge on any atom is 0.338 e. The van der Waals surface area contributed by atoms with Crippen LogP contribution >= 0.6 is 0 Å². The Morgan fingerprint density at radius 3 is 2.39 bits per heavy atom. The lowest BCUT2D eigenvalue weighted by molar-refractivity contribution is 0.0500. The molecule has 5 aromatic rings. The van der Waals surface area contributed by atoms with Crippen LogP contribution in [0.4, 0.5) is 0 Å². The second-order valence-corrected chi connectivity index (χ2v) is 11.4. The summed E-state index contributed by atoms with van der Waals surface area (Å²) in [5.74, 6) is -0.379. The normalized spacial score (nSPS) is 11.0. The number of fused-ring (bicyclic) bond motifs is 1. The van der Waals surface area contributed by atoms with E-state index in [1.807, 2.05) is 67.6 Å². The van der Waals surface area contributed by atoms with Crippen LogP contribution in [0, 0.1) is 13.8 Å². The molecule has 1 aromatic heterocycles. The topological polar surface area (TPSA) is 60.3 Å². The number of amides is 1. The molecule has 5 heteroatoms. The lowest BCUT2D eigenvalue weighted by Crippen LogP contribution is -2.22. The monoisotopic (exact) mass is 584 g/mol. The van der Waals surface area contributed by atoms with Gasteiger partial charge in [0, 0.05) is 35.2 Å². The van der Waals surface area contributed by atoms with Gasteiger partial charge in [0.2, 0.25) is 0 Å². The molecule has 0 bridgehead atoms. The molecule has 0 spiro atoms. The van der Waals surface area contributed by atoms with Crippen molar-refractivity contribution in [3.63, 3.8) is 0 Å². The van der Waals surface area contributed by atoms with Crippen LogP contribution < -0.4 is 5.32 Å². The number of unbranched alkanes of at least 4 members (excludes halogenated alkanes) is 1. The van der Waals surface area contributed by atoms with E-state index < -0.39 is 0 Å². The number of nitrogens with one attached hydrogen (secondary N) is 1. The summed E-state index contributed by atoms with van der Waals surface area (Å²) in [5.41, 5.74) is 10.8. The number of benzene rings is 4. The highest BCUT2D eigenvalue weighted by molar-refractivity contribution is 5.99. The van der Waals surface area contributed by atoms with E-state index in [1.54, 1.807) is 0 Å². The molecule has 1 N–H and O–H groups in total. The van der Waals surface area contributed by atoms with Gasteiger partial charge in [-0.3, -0.25) is 4.79 Å². The number of esters is 1. The lowest BCUT2D eigenvalue weighted by atomic mass is 9.98. The molecule has 44 heavy (non-hydrogen) atoms. The maximum absolute atomic E-state index is 13.1. The fourth-order valence-corrected chi connectivity index (χ4v) is 5.50. The predicted octanol–water partition coefficient (Wildman–Crippen LogP) is 8.89. The zero-order valence-corrected chi connectivity index (χ0v) is 26.1. The Hall–Kier alpha value is -4.90. The molecule has 5 nitrogen and oxygen atoms in total. The highest BCUT2D eigenvalue weighted by Crippen LogP contribution is 2.29. The van der Waals surface area contributed by atoms with E-state index in [-0.39, 0.29) is 11.9 Å². The largest absolute Gasteiger partial charge is 0.462 e. The van der Waals surface area contributed by atoms with Crippen molar-refractivity contribution in [3.05, 3.63) is 137 Å². The molecule has 0 unspecified atom stereocenters. The van der Waals surface area contributed by atoms with Crippen molar-refractivity contribution >= 4 is 28.4 Å². The SMILES string of the molecule is C=C(C)c1cccc(CNC(=O)c2ccc3c(c2)c(C)c(C)n3Cc2ccc(-c3ccccc3C(=O)OCCCC)cc2)c1. The Bertz CT molecular complexity index is 1830. The van der Waals surface area contributed by atoms with Crippen LogP contribution in [0.2, 0.25) is 0 Å². The number of nitrogens with zero attached hydrogens (tertiary/aromatic N) is 1. The average Bonchev–Trinajstić information content (AvgIpc) is 3.28. The van der Waals surface area contributed by atoms with E-state index in [0.29, 0.717) is 30.8 Å². The minimum Gasteiger partial charge on any atom is -0.462 e. The number of allylic oxidation sites excluding steroid dienone is 1. The highest BCUT2D eigenvalue weighted by Gasteiger charge is 2.16.